The molecule has 3 aromatic rings. The maximum absolute atomic E-state index is 12.2. The van der Waals surface area contributed by atoms with Crippen LogP contribution in [0.25, 0.3) is 11.1 Å². The van der Waals surface area contributed by atoms with E-state index >= 15 is 0 Å². The summed E-state index contributed by atoms with van der Waals surface area (Å²) in [5, 5.41) is 7.00. The van der Waals surface area contributed by atoms with Crippen LogP contribution in [0.5, 0.6) is 5.75 Å². The highest BCUT2D eigenvalue weighted by atomic mass is 32.1. The van der Waals surface area contributed by atoms with Crippen LogP contribution in [0.3, 0.4) is 0 Å². The zero-order valence-corrected chi connectivity index (χ0v) is 14.1. The van der Waals surface area contributed by atoms with Crippen LogP contribution in [0, 0.1) is 0 Å². The fourth-order valence-corrected chi connectivity index (χ4v) is 2.93. The topological polar surface area (TPSA) is 51.2 Å². The molecule has 4 nitrogen and oxygen atoms in total. The van der Waals surface area contributed by atoms with Crippen molar-refractivity contribution in [2.45, 2.75) is 19.6 Å². The number of amides is 1. The van der Waals surface area contributed by atoms with Crippen molar-refractivity contribution in [1.82, 2.24) is 10.3 Å². The quantitative estimate of drug-likeness (QED) is 0.742. The second kappa shape index (κ2) is 7.75. The smallest absolute Gasteiger partial charge is 0.261 e. The van der Waals surface area contributed by atoms with Gasteiger partial charge in [0.15, 0.2) is 6.10 Å². The summed E-state index contributed by atoms with van der Waals surface area (Å²) < 4.78 is 5.62. The van der Waals surface area contributed by atoms with Gasteiger partial charge in [-0.2, -0.15) is 11.3 Å². The third kappa shape index (κ3) is 4.20. The average Bonchev–Trinajstić information content (AvgIpc) is 3.15. The van der Waals surface area contributed by atoms with E-state index in [0.717, 1.165) is 16.7 Å². The minimum absolute atomic E-state index is 0.153. The van der Waals surface area contributed by atoms with E-state index in [2.05, 4.69) is 21.7 Å². The average molecular weight is 338 g/mol. The van der Waals surface area contributed by atoms with Crippen molar-refractivity contribution < 1.29 is 9.53 Å². The summed E-state index contributed by atoms with van der Waals surface area (Å²) in [5.74, 6) is 0.529. The maximum Gasteiger partial charge on any atom is 0.261 e. The lowest BCUT2D eigenvalue weighted by Gasteiger charge is -2.14. The lowest BCUT2D eigenvalue weighted by atomic mass is 10.1. The molecule has 0 aliphatic carbocycles. The molecule has 0 saturated heterocycles. The second-order valence-electron chi connectivity index (χ2n) is 5.38. The van der Waals surface area contributed by atoms with Crippen LogP contribution in [0.4, 0.5) is 0 Å². The number of rotatable bonds is 6. The summed E-state index contributed by atoms with van der Waals surface area (Å²) in [6.07, 6.45) is 3.04. The molecule has 0 saturated carbocycles. The van der Waals surface area contributed by atoms with Crippen molar-refractivity contribution in [2.24, 2.45) is 0 Å². The number of aromatic nitrogens is 1. The van der Waals surface area contributed by atoms with E-state index in [1.807, 2.05) is 48.0 Å². The van der Waals surface area contributed by atoms with Crippen LogP contribution in [0.2, 0.25) is 0 Å². The Morgan fingerprint density at radius 3 is 2.79 bits per heavy atom. The number of ether oxygens (including phenoxy) is 1. The lowest BCUT2D eigenvalue weighted by Crippen LogP contribution is -2.35. The number of carbonyl (C=O) groups is 1. The molecule has 2 aromatic heterocycles. The van der Waals surface area contributed by atoms with Crippen molar-refractivity contribution in [3.05, 3.63) is 71.2 Å². The summed E-state index contributed by atoms with van der Waals surface area (Å²) in [4.78, 5) is 16.4. The van der Waals surface area contributed by atoms with Gasteiger partial charge in [0.2, 0.25) is 0 Å². The highest BCUT2D eigenvalue weighted by molar-refractivity contribution is 7.08. The first-order valence-electron chi connectivity index (χ1n) is 7.68. The first kappa shape index (κ1) is 16.2. The highest BCUT2D eigenvalue weighted by Gasteiger charge is 2.14. The van der Waals surface area contributed by atoms with Crippen LogP contribution in [0.15, 0.2) is 65.6 Å². The van der Waals surface area contributed by atoms with Crippen LogP contribution >= 0.6 is 11.3 Å². The van der Waals surface area contributed by atoms with Gasteiger partial charge in [-0.25, -0.2) is 0 Å². The molecule has 1 atom stereocenters. The van der Waals surface area contributed by atoms with Crippen LogP contribution < -0.4 is 10.1 Å². The van der Waals surface area contributed by atoms with Crippen LogP contribution in [-0.4, -0.2) is 17.0 Å². The maximum atomic E-state index is 12.2. The Bertz CT molecular complexity index is 788. The predicted octanol–water partition coefficient (Wildman–Crippen LogP) is 3.89. The van der Waals surface area contributed by atoms with Crippen molar-refractivity contribution in [2.75, 3.05) is 0 Å². The molecule has 1 amide bonds. The van der Waals surface area contributed by atoms with Crippen molar-refractivity contribution in [1.29, 1.82) is 0 Å². The summed E-state index contributed by atoms with van der Waals surface area (Å²) >= 11 is 1.65. The molecule has 0 fully saturated rings. The molecule has 0 radical (unpaired) electrons. The Morgan fingerprint density at radius 1 is 1.21 bits per heavy atom. The summed E-state index contributed by atoms with van der Waals surface area (Å²) in [6.45, 7) is 2.16. The molecule has 1 N–H and O–H groups in total. The molecule has 0 bridgehead atoms. The predicted molar refractivity (Wildman–Crippen MR) is 95.9 cm³/mol. The van der Waals surface area contributed by atoms with E-state index in [1.165, 1.54) is 0 Å². The molecular formula is C19H18N2O2S. The van der Waals surface area contributed by atoms with Crippen molar-refractivity contribution in [3.63, 3.8) is 0 Å². The van der Waals surface area contributed by atoms with Gasteiger partial charge in [0.05, 0.1) is 0 Å². The first-order chi connectivity index (χ1) is 11.7. The van der Waals surface area contributed by atoms with Gasteiger partial charge in [-0.15, -0.1) is 0 Å². The molecule has 122 valence electrons. The minimum atomic E-state index is -0.555. The van der Waals surface area contributed by atoms with Crippen LogP contribution in [0.1, 0.15) is 12.5 Å². The number of para-hydroxylation sites is 1. The van der Waals surface area contributed by atoms with E-state index in [4.69, 9.17) is 4.74 Å². The van der Waals surface area contributed by atoms with E-state index in [0.29, 0.717) is 12.3 Å². The van der Waals surface area contributed by atoms with Gasteiger partial charge in [-0.1, -0.05) is 18.2 Å². The third-order valence-corrected chi connectivity index (χ3v) is 4.22. The number of nitrogens with one attached hydrogen (secondary N) is 1. The number of carbonyl (C=O) groups excluding carboxylic acids is 1. The number of pyridine rings is 1. The van der Waals surface area contributed by atoms with Gasteiger partial charge in [0.1, 0.15) is 5.75 Å². The SMILES string of the molecule is C[C@@H](Oc1ccccc1)C(=O)NCc1cncc(-c2ccsc2)c1. The molecule has 0 aliphatic rings. The van der Waals surface area contributed by atoms with Gasteiger partial charge in [0, 0.05) is 24.5 Å². The van der Waals surface area contributed by atoms with Gasteiger partial charge in [-0.05, 0) is 53.1 Å². The molecule has 1 aromatic carbocycles. The van der Waals surface area contributed by atoms with E-state index in [1.54, 1.807) is 24.5 Å². The first-order valence-corrected chi connectivity index (χ1v) is 8.62. The van der Waals surface area contributed by atoms with E-state index in [9.17, 15) is 4.79 Å². The van der Waals surface area contributed by atoms with Gasteiger partial charge in [-0.3, -0.25) is 9.78 Å². The molecule has 0 spiro atoms. The van der Waals surface area contributed by atoms with Crippen molar-refractivity contribution >= 4 is 17.2 Å². The molecule has 2 heterocycles. The Labute approximate surface area is 145 Å². The fourth-order valence-electron chi connectivity index (χ4n) is 2.26. The number of hydrogen-bond donors (Lipinski definition) is 1. The monoisotopic (exact) mass is 338 g/mol. The lowest BCUT2D eigenvalue weighted by molar-refractivity contribution is -0.127. The summed E-state index contributed by atoms with van der Waals surface area (Å²) in [5.41, 5.74) is 3.15. The summed E-state index contributed by atoms with van der Waals surface area (Å²) in [6, 6.07) is 13.4. The molecule has 5 heteroatoms. The standard InChI is InChI=1S/C19H18N2O2S/c1-14(23-18-5-3-2-4-6-18)19(22)21-11-15-9-17(12-20-10-15)16-7-8-24-13-16/h2-10,12-14H,11H2,1H3,(H,21,22)/t14-/m1/s1. The molecular weight excluding hydrogens is 320 g/mol. The van der Waals surface area contributed by atoms with Gasteiger partial charge < -0.3 is 10.1 Å². The Balaban J connectivity index is 1.57. The number of benzene rings is 1. The number of thiophene rings is 1. The molecule has 0 unspecified atom stereocenters. The normalized spacial score (nSPS) is 11.7. The third-order valence-electron chi connectivity index (χ3n) is 3.54. The van der Waals surface area contributed by atoms with E-state index in [-0.39, 0.29) is 5.91 Å². The zero-order chi connectivity index (χ0) is 16.8. The van der Waals surface area contributed by atoms with Crippen molar-refractivity contribution in [3.8, 4) is 16.9 Å². The Morgan fingerprint density at radius 2 is 2.04 bits per heavy atom. The number of nitrogens with zero attached hydrogens (tertiary/aromatic N) is 1. The largest absolute Gasteiger partial charge is 0.481 e. The zero-order valence-electron chi connectivity index (χ0n) is 13.3. The number of hydrogen-bond acceptors (Lipinski definition) is 4. The molecule has 0 aliphatic heterocycles. The Hall–Kier alpha value is -2.66. The van der Waals surface area contributed by atoms with Gasteiger partial charge in [0.25, 0.3) is 5.91 Å². The van der Waals surface area contributed by atoms with Crippen LogP contribution in [-0.2, 0) is 11.3 Å². The highest BCUT2D eigenvalue weighted by Crippen LogP contribution is 2.21. The molecule has 24 heavy (non-hydrogen) atoms. The fraction of sp³-hybridized carbons (Fsp3) is 0.158. The Kier molecular flexibility index (Phi) is 5.23. The summed E-state index contributed by atoms with van der Waals surface area (Å²) in [7, 11) is 0. The minimum Gasteiger partial charge on any atom is -0.481 e. The van der Waals surface area contributed by atoms with E-state index < -0.39 is 6.10 Å². The second-order valence-corrected chi connectivity index (χ2v) is 6.16. The van der Waals surface area contributed by atoms with Gasteiger partial charge >= 0.3 is 0 Å². The molecule has 3 rings (SSSR count).